The molecule has 37 heavy (non-hydrogen) atoms. The first kappa shape index (κ1) is 25.9. The lowest BCUT2D eigenvalue weighted by Crippen LogP contribution is -2.14. The van der Waals surface area contributed by atoms with Gasteiger partial charge in [0.05, 0.1) is 6.61 Å². The van der Waals surface area contributed by atoms with Gasteiger partial charge in [0, 0.05) is 12.1 Å². The Kier molecular flexibility index (Phi) is 7.92. The van der Waals surface area contributed by atoms with Gasteiger partial charge in [-0.2, -0.15) is 0 Å². The molecule has 0 aliphatic carbocycles. The number of halogens is 4. The summed E-state index contributed by atoms with van der Waals surface area (Å²) in [4.78, 5) is 12.4. The lowest BCUT2D eigenvalue weighted by molar-refractivity contribution is 0.0723. The van der Waals surface area contributed by atoms with Gasteiger partial charge in [-0.1, -0.05) is 61.5 Å². The third-order valence-corrected chi connectivity index (χ3v) is 5.92. The van der Waals surface area contributed by atoms with Crippen molar-refractivity contribution in [1.29, 1.82) is 0 Å². The number of benzene rings is 4. The molecule has 0 radical (unpaired) electrons. The molecule has 0 aromatic heterocycles. The van der Waals surface area contributed by atoms with E-state index < -0.39 is 46.3 Å². The summed E-state index contributed by atoms with van der Waals surface area (Å²) in [6.07, 6.45) is 0.796. The second-order valence-corrected chi connectivity index (χ2v) is 8.57. The molecule has 0 spiro atoms. The van der Waals surface area contributed by atoms with Crippen molar-refractivity contribution >= 4 is 5.97 Å². The summed E-state index contributed by atoms with van der Waals surface area (Å²) in [6, 6.07) is 20.8. The van der Waals surface area contributed by atoms with Gasteiger partial charge < -0.3 is 9.47 Å². The first-order chi connectivity index (χ1) is 17.8. The highest BCUT2D eigenvalue weighted by Crippen LogP contribution is 2.30. The topological polar surface area (TPSA) is 35.5 Å². The zero-order valence-electron chi connectivity index (χ0n) is 20.2. The normalized spacial score (nSPS) is 11.7. The van der Waals surface area contributed by atoms with Crippen LogP contribution in [0.25, 0.3) is 11.1 Å². The van der Waals surface area contributed by atoms with Crippen molar-refractivity contribution in [3.05, 3.63) is 119 Å². The minimum absolute atomic E-state index is 0.0191. The smallest absolute Gasteiger partial charge is 0.349 e. The molecule has 0 unspecified atom stereocenters. The van der Waals surface area contributed by atoms with Crippen LogP contribution in [0.5, 0.6) is 11.5 Å². The van der Waals surface area contributed by atoms with Crippen molar-refractivity contribution in [3.8, 4) is 22.6 Å². The van der Waals surface area contributed by atoms with Crippen LogP contribution in [0, 0.1) is 23.3 Å². The number of esters is 1. The van der Waals surface area contributed by atoms with Crippen LogP contribution in [-0.4, -0.2) is 12.6 Å². The Morgan fingerprint density at radius 3 is 1.95 bits per heavy atom. The van der Waals surface area contributed by atoms with Gasteiger partial charge in [0.2, 0.25) is 0 Å². The predicted molar refractivity (Wildman–Crippen MR) is 133 cm³/mol. The fourth-order valence-corrected chi connectivity index (χ4v) is 4.06. The quantitative estimate of drug-likeness (QED) is 0.138. The van der Waals surface area contributed by atoms with E-state index in [1.807, 2.05) is 30.3 Å². The molecule has 0 saturated carbocycles. The third kappa shape index (κ3) is 6.00. The number of hydrogen-bond donors (Lipinski definition) is 0. The van der Waals surface area contributed by atoms with Gasteiger partial charge >= 0.3 is 5.97 Å². The Hall–Kier alpha value is -4.13. The van der Waals surface area contributed by atoms with Crippen molar-refractivity contribution in [1.82, 2.24) is 0 Å². The van der Waals surface area contributed by atoms with Gasteiger partial charge in [0.1, 0.15) is 22.9 Å². The maximum absolute atomic E-state index is 14.8. The number of carbonyl (C=O) groups excluding carboxylic acids is 1. The molecular formula is C30H24F4O3. The van der Waals surface area contributed by atoms with Gasteiger partial charge in [-0.3, -0.25) is 0 Å². The minimum Gasteiger partial charge on any atom is -0.488 e. The summed E-state index contributed by atoms with van der Waals surface area (Å²) in [6.45, 7) is 3.69. The maximum atomic E-state index is 14.8. The van der Waals surface area contributed by atoms with Crippen LogP contribution in [0.3, 0.4) is 0 Å². The molecule has 0 saturated heterocycles. The Morgan fingerprint density at radius 2 is 1.38 bits per heavy atom. The highest BCUT2D eigenvalue weighted by atomic mass is 19.1. The molecule has 0 aliphatic heterocycles. The fraction of sp³-hybridized carbons (Fsp3) is 0.167. The summed E-state index contributed by atoms with van der Waals surface area (Å²) in [5.41, 5.74) is 2.11. The fourth-order valence-electron chi connectivity index (χ4n) is 4.06. The van der Waals surface area contributed by atoms with Crippen LogP contribution in [0.4, 0.5) is 17.6 Å². The monoisotopic (exact) mass is 508 g/mol. The van der Waals surface area contributed by atoms with Gasteiger partial charge in [0.15, 0.2) is 17.4 Å². The van der Waals surface area contributed by atoms with E-state index >= 15 is 0 Å². The van der Waals surface area contributed by atoms with Crippen molar-refractivity contribution < 1.29 is 31.8 Å². The lowest BCUT2D eigenvalue weighted by atomic mass is 9.93. The van der Waals surface area contributed by atoms with Gasteiger partial charge in [0.25, 0.3) is 0 Å². The van der Waals surface area contributed by atoms with E-state index in [1.54, 1.807) is 19.1 Å². The highest BCUT2D eigenvalue weighted by Gasteiger charge is 2.23. The number of rotatable bonds is 8. The minimum atomic E-state index is -1.42. The van der Waals surface area contributed by atoms with Crippen LogP contribution in [0.15, 0.2) is 78.9 Å². The largest absolute Gasteiger partial charge is 0.488 e. The molecule has 0 amide bonds. The molecule has 190 valence electrons. The standard InChI is InChI=1S/C30H24F4O3/c1-3-36-29-26(33)16-23(17-27(29)34)37-30(35)28-24(31)14-22(15-25(28)32)21-11-9-19(10-12-21)13-18(2)20-7-5-4-6-8-20/h4-12,14-18H,3,13H2,1-2H3/t18-/m1/s1. The van der Waals surface area contributed by atoms with E-state index in [2.05, 4.69) is 19.1 Å². The van der Waals surface area contributed by atoms with Crippen molar-refractivity contribution in [2.75, 3.05) is 6.61 Å². The molecule has 4 aromatic rings. The SMILES string of the molecule is CCOc1c(F)cc(OC(=O)c2c(F)cc(-c3ccc(C[C@@H](C)c4ccccc4)cc3)cc2F)cc1F. The van der Waals surface area contributed by atoms with Crippen molar-refractivity contribution in [2.45, 2.75) is 26.2 Å². The second kappa shape index (κ2) is 11.3. The molecule has 0 bridgehead atoms. The molecule has 0 heterocycles. The van der Waals surface area contributed by atoms with Gasteiger partial charge in [-0.15, -0.1) is 0 Å². The zero-order chi connectivity index (χ0) is 26.5. The number of hydrogen-bond acceptors (Lipinski definition) is 3. The Bertz CT molecular complexity index is 1360. The molecule has 1 atom stereocenters. The Balaban J connectivity index is 1.50. The molecule has 0 N–H and O–H groups in total. The van der Waals surface area contributed by atoms with E-state index in [0.717, 1.165) is 24.1 Å². The molecular weight excluding hydrogens is 484 g/mol. The average molecular weight is 509 g/mol. The first-order valence-electron chi connectivity index (χ1n) is 11.7. The van der Waals surface area contributed by atoms with E-state index in [1.165, 1.54) is 5.56 Å². The molecule has 4 rings (SSSR count). The molecule has 7 heteroatoms. The van der Waals surface area contributed by atoms with Crippen LogP contribution in [-0.2, 0) is 6.42 Å². The highest BCUT2D eigenvalue weighted by molar-refractivity contribution is 5.92. The number of ether oxygens (including phenoxy) is 2. The van der Waals surface area contributed by atoms with E-state index in [4.69, 9.17) is 9.47 Å². The van der Waals surface area contributed by atoms with Gasteiger partial charge in [-0.05, 0) is 53.6 Å². The summed E-state index contributed by atoms with van der Waals surface area (Å²) >= 11 is 0. The third-order valence-electron chi connectivity index (χ3n) is 5.92. The van der Waals surface area contributed by atoms with E-state index in [9.17, 15) is 22.4 Å². The maximum Gasteiger partial charge on any atom is 0.349 e. The predicted octanol–water partition coefficient (Wildman–Crippen LogP) is 7.87. The lowest BCUT2D eigenvalue weighted by Gasteiger charge is -2.13. The average Bonchev–Trinajstić information content (AvgIpc) is 2.86. The summed E-state index contributed by atoms with van der Waals surface area (Å²) in [5.74, 6) is -6.84. The summed E-state index contributed by atoms with van der Waals surface area (Å²) < 4.78 is 67.3. The van der Waals surface area contributed by atoms with Gasteiger partial charge in [-0.25, -0.2) is 22.4 Å². The van der Waals surface area contributed by atoms with E-state index in [0.29, 0.717) is 23.6 Å². The zero-order valence-corrected chi connectivity index (χ0v) is 20.2. The van der Waals surface area contributed by atoms with Crippen LogP contribution in [0.1, 0.15) is 41.3 Å². The molecule has 4 aromatic carbocycles. The van der Waals surface area contributed by atoms with Crippen LogP contribution >= 0.6 is 0 Å². The first-order valence-corrected chi connectivity index (χ1v) is 11.7. The molecule has 0 fully saturated rings. The Labute approximate surface area is 212 Å². The van der Waals surface area contributed by atoms with Crippen molar-refractivity contribution in [3.63, 3.8) is 0 Å². The van der Waals surface area contributed by atoms with E-state index in [-0.39, 0.29) is 12.2 Å². The van der Waals surface area contributed by atoms with Crippen LogP contribution < -0.4 is 9.47 Å². The number of carbonyl (C=O) groups is 1. The van der Waals surface area contributed by atoms with Crippen LogP contribution in [0.2, 0.25) is 0 Å². The van der Waals surface area contributed by atoms with Crippen molar-refractivity contribution in [2.24, 2.45) is 0 Å². The molecule has 0 aliphatic rings. The second-order valence-electron chi connectivity index (χ2n) is 8.57. The Morgan fingerprint density at radius 1 is 0.784 bits per heavy atom. The summed E-state index contributed by atoms with van der Waals surface area (Å²) in [7, 11) is 0. The summed E-state index contributed by atoms with van der Waals surface area (Å²) in [5, 5.41) is 0. The molecule has 3 nitrogen and oxygen atoms in total.